The van der Waals surface area contributed by atoms with Crippen LogP contribution >= 0.6 is 12.6 Å². The van der Waals surface area contributed by atoms with Gasteiger partial charge in [-0.05, 0) is 42.7 Å². The van der Waals surface area contributed by atoms with Crippen molar-refractivity contribution in [2.45, 2.75) is 32.4 Å². The van der Waals surface area contributed by atoms with E-state index in [1.165, 1.54) is 26.9 Å². The third-order valence-electron chi connectivity index (χ3n) is 5.35. The number of nitrogens with one attached hydrogen (secondary N) is 1. The fraction of sp³-hybridized carbons (Fsp3) is 0.333. The van der Waals surface area contributed by atoms with Crippen LogP contribution in [0.4, 0.5) is 5.69 Å². The summed E-state index contributed by atoms with van der Waals surface area (Å²) in [5.41, 5.74) is 2.66. The van der Waals surface area contributed by atoms with Crippen LogP contribution in [0.2, 0.25) is 0 Å². The molecular weight excluding hydrogens is 426 g/mol. The van der Waals surface area contributed by atoms with Gasteiger partial charge in [-0.3, -0.25) is 4.79 Å². The molecule has 0 radical (unpaired) electrons. The predicted octanol–water partition coefficient (Wildman–Crippen LogP) is 4.35. The minimum Gasteiger partial charge on any atom is -0.493 e. The first kappa shape index (κ1) is 23.4. The first-order valence-corrected chi connectivity index (χ1v) is 10.8. The molecule has 0 bridgehead atoms. The van der Waals surface area contributed by atoms with Crippen molar-refractivity contribution in [2.24, 2.45) is 0 Å². The van der Waals surface area contributed by atoms with Gasteiger partial charge in [-0.15, -0.1) is 12.6 Å². The Hall–Kier alpha value is -3.31. The summed E-state index contributed by atoms with van der Waals surface area (Å²) >= 11 is 4.57. The monoisotopic (exact) mass is 453 g/mol. The summed E-state index contributed by atoms with van der Waals surface area (Å²) in [6.45, 7) is 2.16. The molecule has 3 rings (SSSR count). The Kier molecular flexibility index (Phi) is 7.54. The fourth-order valence-electron chi connectivity index (χ4n) is 3.67. The normalized spacial score (nSPS) is 15.8. The van der Waals surface area contributed by atoms with Crippen LogP contribution in [0.15, 0.2) is 47.0 Å². The van der Waals surface area contributed by atoms with Crippen LogP contribution in [0.1, 0.15) is 37.1 Å². The molecular formula is C24H27N3O4S. The van der Waals surface area contributed by atoms with Gasteiger partial charge in [-0.1, -0.05) is 25.5 Å². The van der Waals surface area contributed by atoms with Crippen molar-refractivity contribution in [2.75, 3.05) is 26.2 Å². The van der Waals surface area contributed by atoms with Crippen molar-refractivity contribution in [1.29, 1.82) is 5.26 Å². The zero-order valence-corrected chi connectivity index (χ0v) is 19.5. The lowest BCUT2D eigenvalue weighted by Crippen LogP contribution is -2.46. The van der Waals surface area contributed by atoms with E-state index in [-0.39, 0.29) is 10.6 Å². The molecule has 168 valence electrons. The van der Waals surface area contributed by atoms with Gasteiger partial charge in [0, 0.05) is 11.3 Å². The maximum Gasteiger partial charge on any atom is 0.266 e. The molecule has 0 saturated heterocycles. The lowest BCUT2D eigenvalue weighted by atomic mass is 10.0. The molecule has 1 N–H and O–H groups in total. The summed E-state index contributed by atoms with van der Waals surface area (Å²) in [4.78, 5) is 14.5. The first-order chi connectivity index (χ1) is 15.5. The van der Waals surface area contributed by atoms with Crippen molar-refractivity contribution in [3.05, 3.63) is 58.1 Å². The van der Waals surface area contributed by atoms with Gasteiger partial charge in [0.1, 0.15) is 17.8 Å². The Morgan fingerprint density at radius 1 is 1.09 bits per heavy atom. The highest BCUT2D eigenvalue weighted by molar-refractivity contribution is 7.84. The molecule has 0 aliphatic carbocycles. The number of methoxy groups -OCH3 is 3. The van der Waals surface area contributed by atoms with Crippen molar-refractivity contribution in [3.63, 3.8) is 0 Å². The highest BCUT2D eigenvalue weighted by atomic mass is 32.1. The number of benzene rings is 2. The Labute approximate surface area is 194 Å². The molecule has 2 aromatic carbocycles. The van der Waals surface area contributed by atoms with Crippen LogP contribution in [0.3, 0.4) is 0 Å². The van der Waals surface area contributed by atoms with Gasteiger partial charge in [-0.2, -0.15) is 5.26 Å². The van der Waals surface area contributed by atoms with Crippen molar-refractivity contribution < 1.29 is 19.0 Å². The second-order valence-electron chi connectivity index (χ2n) is 7.29. The predicted molar refractivity (Wildman–Crippen MR) is 126 cm³/mol. The van der Waals surface area contributed by atoms with E-state index in [0.29, 0.717) is 22.8 Å². The van der Waals surface area contributed by atoms with Gasteiger partial charge >= 0.3 is 0 Å². The van der Waals surface area contributed by atoms with Crippen LogP contribution < -0.4 is 24.4 Å². The van der Waals surface area contributed by atoms with Crippen molar-refractivity contribution in [1.82, 2.24) is 5.32 Å². The second kappa shape index (κ2) is 10.3. The zero-order valence-electron chi connectivity index (χ0n) is 18.6. The van der Waals surface area contributed by atoms with E-state index in [0.717, 1.165) is 24.9 Å². The molecule has 0 saturated carbocycles. The molecule has 0 aromatic heterocycles. The van der Waals surface area contributed by atoms with Gasteiger partial charge < -0.3 is 24.4 Å². The lowest BCUT2D eigenvalue weighted by Gasteiger charge is -2.38. The standard InChI is InChI=1S/C24H27N3O4S/c1-5-6-7-15-8-10-17(11-9-15)27-22(26-23(28)18(14-25)24(27)32)16-12-19(29-2)21(31-4)20(13-16)30-3/h8-13,22,32H,5-7H2,1-4H3,(H,26,28). The number of unbranched alkanes of at least 4 members (excludes halogenated alkanes) is 1. The van der Waals surface area contributed by atoms with E-state index in [1.807, 2.05) is 23.1 Å². The van der Waals surface area contributed by atoms with Crippen LogP contribution in [0.25, 0.3) is 0 Å². The number of ether oxygens (including phenoxy) is 3. The molecule has 32 heavy (non-hydrogen) atoms. The van der Waals surface area contributed by atoms with Gasteiger partial charge in [0.2, 0.25) is 5.75 Å². The summed E-state index contributed by atoms with van der Waals surface area (Å²) < 4.78 is 16.4. The molecule has 1 amide bonds. The second-order valence-corrected chi connectivity index (χ2v) is 7.71. The molecule has 1 aliphatic heterocycles. The maximum absolute atomic E-state index is 12.6. The van der Waals surface area contributed by atoms with E-state index < -0.39 is 12.1 Å². The number of hydrogen-bond acceptors (Lipinski definition) is 7. The average Bonchev–Trinajstić information content (AvgIpc) is 2.82. The number of carbonyl (C=O) groups is 1. The molecule has 8 heteroatoms. The number of rotatable bonds is 8. The number of amides is 1. The Morgan fingerprint density at radius 2 is 1.72 bits per heavy atom. The number of carbonyl (C=O) groups excluding carboxylic acids is 1. The topological polar surface area (TPSA) is 83.8 Å². The molecule has 2 aromatic rings. The lowest BCUT2D eigenvalue weighted by molar-refractivity contribution is -0.118. The van der Waals surface area contributed by atoms with Crippen molar-refractivity contribution >= 4 is 24.2 Å². The summed E-state index contributed by atoms with van der Waals surface area (Å²) in [5, 5.41) is 12.7. The number of thiol groups is 1. The third kappa shape index (κ3) is 4.48. The van der Waals surface area contributed by atoms with Gasteiger partial charge in [0.05, 0.1) is 26.4 Å². The largest absolute Gasteiger partial charge is 0.493 e. The molecule has 1 aliphatic rings. The Balaban J connectivity index is 2.12. The summed E-state index contributed by atoms with van der Waals surface area (Å²) in [6.07, 6.45) is 2.60. The number of hydrogen-bond donors (Lipinski definition) is 2. The smallest absolute Gasteiger partial charge is 0.266 e. The van der Waals surface area contributed by atoms with Crippen LogP contribution in [-0.2, 0) is 11.2 Å². The van der Waals surface area contributed by atoms with Gasteiger partial charge in [-0.25, -0.2) is 0 Å². The third-order valence-corrected chi connectivity index (χ3v) is 5.79. The summed E-state index contributed by atoms with van der Waals surface area (Å²) in [5.74, 6) is 0.877. The van der Waals surface area contributed by atoms with Gasteiger partial charge in [0.25, 0.3) is 5.91 Å². The van der Waals surface area contributed by atoms with E-state index in [4.69, 9.17) is 14.2 Å². The van der Waals surface area contributed by atoms with Crippen LogP contribution in [0.5, 0.6) is 17.2 Å². The fourth-order valence-corrected chi connectivity index (χ4v) is 4.06. The van der Waals surface area contributed by atoms with E-state index >= 15 is 0 Å². The Bertz CT molecular complexity index is 1030. The Morgan fingerprint density at radius 3 is 2.22 bits per heavy atom. The summed E-state index contributed by atoms with van der Waals surface area (Å²) in [6, 6.07) is 13.6. The molecule has 0 spiro atoms. The van der Waals surface area contributed by atoms with Crippen LogP contribution in [-0.4, -0.2) is 27.2 Å². The molecule has 7 nitrogen and oxygen atoms in total. The van der Waals surface area contributed by atoms with E-state index in [1.54, 1.807) is 12.1 Å². The minimum atomic E-state index is -0.637. The average molecular weight is 454 g/mol. The number of anilines is 1. The number of aryl methyl sites for hydroxylation is 1. The molecule has 0 fully saturated rings. The molecule has 1 heterocycles. The van der Waals surface area contributed by atoms with E-state index in [9.17, 15) is 10.1 Å². The van der Waals surface area contributed by atoms with Crippen LogP contribution in [0, 0.1) is 11.3 Å². The van der Waals surface area contributed by atoms with Crippen molar-refractivity contribution in [3.8, 4) is 23.3 Å². The number of nitriles is 1. The SMILES string of the molecule is CCCCc1ccc(N2C(S)=C(C#N)C(=O)NC2c2cc(OC)c(OC)c(OC)c2)cc1. The van der Waals surface area contributed by atoms with E-state index in [2.05, 4.69) is 37.0 Å². The van der Waals surface area contributed by atoms with Gasteiger partial charge in [0.15, 0.2) is 11.5 Å². The first-order valence-electron chi connectivity index (χ1n) is 10.3. The quantitative estimate of drug-likeness (QED) is 0.578. The minimum absolute atomic E-state index is 0.0490. The number of nitrogens with zero attached hydrogens (tertiary/aromatic N) is 2. The zero-order chi connectivity index (χ0) is 23.3. The highest BCUT2D eigenvalue weighted by Gasteiger charge is 2.35. The molecule has 1 atom stereocenters. The highest BCUT2D eigenvalue weighted by Crippen LogP contribution is 2.43. The summed E-state index contributed by atoms with van der Waals surface area (Å²) in [7, 11) is 4.60. The maximum atomic E-state index is 12.6. The molecule has 1 unspecified atom stereocenters.